The Hall–Kier alpha value is -2.93. The number of methoxy groups -OCH3 is 1. The molecule has 0 saturated heterocycles. The number of fused-ring (bicyclic) bond motifs is 4. The standard InChI is InChI=1S/C28H40N2O4.CO2/c1-5-7-19-34-26-25-22-13-17-29(18-14-24(31)33-4)16-10-15-28(26,6-2)20-27(3,32)30(25)23-12-9-8-11-21(22)23;2-1-3/h8-9,11-12,14,18,26,32H,5-7,10,13,15-17,19-20H2,1-4H3;/b18-14+;. The predicted octanol–water partition coefficient (Wildman–Crippen LogP) is 4.71. The fraction of sp³-hybridized carbons (Fsp3) is 0.586. The van der Waals surface area contributed by atoms with E-state index in [9.17, 15) is 9.90 Å². The zero-order valence-corrected chi connectivity index (χ0v) is 22.5. The van der Waals surface area contributed by atoms with Gasteiger partial charge in [0.1, 0.15) is 11.8 Å². The molecule has 3 atom stereocenters. The number of benzene rings is 1. The Labute approximate surface area is 219 Å². The minimum atomic E-state index is -0.975. The van der Waals surface area contributed by atoms with Gasteiger partial charge in [-0.25, -0.2) is 4.79 Å². The highest BCUT2D eigenvalue weighted by Gasteiger charge is 2.52. The minimum absolute atomic E-state index is 0.0381. The van der Waals surface area contributed by atoms with Gasteiger partial charge in [0.15, 0.2) is 0 Å². The molecule has 2 bridgehead atoms. The first-order chi connectivity index (χ1) is 17.8. The summed E-state index contributed by atoms with van der Waals surface area (Å²) in [6.45, 7) is 8.78. The maximum Gasteiger partial charge on any atom is 0.373 e. The molecule has 1 N–H and O–H groups in total. The Kier molecular flexibility index (Phi) is 9.71. The quantitative estimate of drug-likeness (QED) is 0.326. The molecule has 0 fully saturated rings. The van der Waals surface area contributed by atoms with Crippen molar-refractivity contribution in [2.75, 3.05) is 26.8 Å². The average Bonchev–Trinajstić information content (AvgIpc) is 3.22. The van der Waals surface area contributed by atoms with E-state index in [2.05, 4.69) is 41.5 Å². The van der Waals surface area contributed by atoms with Gasteiger partial charge in [-0.2, -0.15) is 9.59 Å². The van der Waals surface area contributed by atoms with Crippen LogP contribution in [0.25, 0.3) is 10.9 Å². The number of rotatable bonds is 7. The van der Waals surface area contributed by atoms with Crippen molar-refractivity contribution in [1.29, 1.82) is 0 Å². The second-order valence-electron chi connectivity index (χ2n) is 10.2. The van der Waals surface area contributed by atoms with Crippen LogP contribution in [0.2, 0.25) is 0 Å². The van der Waals surface area contributed by atoms with Crippen LogP contribution in [-0.4, -0.2) is 53.5 Å². The van der Waals surface area contributed by atoms with Gasteiger partial charge in [0.05, 0.1) is 18.3 Å². The smallest absolute Gasteiger partial charge is 0.373 e. The maximum absolute atomic E-state index is 11.9. The summed E-state index contributed by atoms with van der Waals surface area (Å²) in [6.07, 6.45) is 10.1. The molecule has 0 radical (unpaired) electrons. The number of carbonyl (C=O) groups excluding carboxylic acids is 3. The third-order valence-electron chi connectivity index (χ3n) is 7.87. The predicted molar refractivity (Wildman–Crippen MR) is 139 cm³/mol. The molecule has 8 nitrogen and oxygen atoms in total. The van der Waals surface area contributed by atoms with Crippen molar-refractivity contribution in [3.8, 4) is 0 Å². The molecule has 202 valence electrons. The fourth-order valence-electron chi connectivity index (χ4n) is 6.21. The summed E-state index contributed by atoms with van der Waals surface area (Å²) in [5, 5.41) is 13.1. The highest BCUT2D eigenvalue weighted by Crippen LogP contribution is 2.57. The Bertz CT molecular complexity index is 1130. The molecule has 1 aromatic carbocycles. The van der Waals surface area contributed by atoms with Gasteiger partial charge in [0.25, 0.3) is 0 Å². The average molecular weight is 513 g/mol. The van der Waals surface area contributed by atoms with E-state index in [4.69, 9.17) is 19.1 Å². The van der Waals surface area contributed by atoms with Gasteiger partial charge in [0.2, 0.25) is 0 Å². The molecule has 0 amide bonds. The molecule has 0 spiro atoms. The Morgan fingerprint density at radius 2 is 1.97 bits per heavy atom. The zero-order chi connectivity index (χ0) is 27.1. The molecule has 0 aliphatic carbocycles. The number of hydrogen-bond donors (Lipinski definition) is 1. The Morgan fingerprint density at radius 3 is 2.65 bits per heavy atom. The van der Waals surface area contributed by atoms with Crippen LogP contribution in [-0.2, 0) is 36.0 Å². The number of aliphatic hydroxyl groups is 1. The molecule has 4 rings (SSSR count). The highest BCUT2D eigenvalue weighted by molar-refractivity contribution is 5.86. The van der Waals surface area contributed by atoms with Gasteiger partial charge < -0.3 is 24.0 Å². The van der Waals surface area contributed by atoms with Crippen molar-refractivity contribution < 1.29 is 29.0 Å². The van der Waals surface area contributed by atoms with Crippen LogP contribution >= 0.6 is 0 Å². The lowest BCUT2D eigenvalue weighted by Crippen LogP contribution is -2.48. The molecule has 3 heterocycles. The van der Waals surface area contributed by atoms with Crippen molar-refractivity contribution >= 4 is 23.0 Å². The summed E-state index contributed by atoms with van der Waals surface area (Å²) in [7, 11) is 1.41. The number of nitrogens with zero attached hydrogens (tertiary/aromatic N) is 2. The monoisotopic (exact) mass is 512 g/mol. The Balaban J connectivity index is 0.00000121. The van der Waals surface area contributed by atoms with Crippen LogP contribution in [0, 0.1) is 5.41 Å². The second kappa shape index (κ2) is 12.5. The minimum Gasteiger partial charge on any atom is -0.466 e. The van der Waals surface area contributed by atoms with E-state index in [1.807, 2.05) is 19.2 Å². The summed E-state index contributed by atoms with van der Waals surface area (Å²) in [4.78, 5) is 30.2. The van der Waals surface area contributed by atoms with E-state index >= 15 is 0 Å². The van der Waals surface area contributed by atoms with Crippen LogP contribution in [0.15, 0.2) is 36.5 Å². The lowest BCUT2D eigenvalue weighted by atomic mass is 9.66. The lowest BCUT2D eigenvalue weighted by Gasteiger charge is -2.51. The summed E-state index contributed by atoms with van der Waals surface area (Å²) in [5.74, 6) is -0.334. The van der Waals surface area contributed by atoms with E-state index in [1.54, 1.807) is 0 Å². The van der Waals surface area contributed by atoms with Gasteiger partial charge in [-0.1, -0.05) is 38.5 Å². The summed E-state index contributed by atoms with van der Waals surface area (Å²) >= 11 is 0. The first kappa shape index (κ1) is 28.6. The van der Waals surface area contributed by atoms with Crippen LogP contribution < -0.4 is 0 Å². The van der Waals surface area contributed by atoms with E-state index in [1.165, 1.54) is 24.1 Å². The van der Waals surface area contributed by atoms with E-state index < -0.39 is 5.72 Å². The number of ether oxygens (including phenoxy) is 2. The third-order valence-corrected chi connectivity index (χ3v) is 7.87. The molecular formula is C29H40N2O6. The molecule has 8 heteroatoms. The van der Waals surface area contributed by atoms with Gasteiger partial charge >= 0.3 is 12.1 Å². The molecule has 3 unspecified atom stereocenters. The molecule has 1 aromatic heterocycles. The zero-order valence-electron chi connectivity index (χ0n) is 22.5. The molecule has 0 saturated carbocycles. The largest absolute Gasteiger partial charge is 0.466 e. The van der Waals surface area contributed by atoms with Crippen LogP contribution in [0.1, 0.15) is 76.7 Å². The molecule has 2 aliphatic rings. The van der Waals surface area contributed by atoms with E-state index in [-0.39, 0.29) is 23.6 Å². The molecule has 2 aliphatic heterocycles. The number of esters is 1. The normalized spacial score (nSPS) is 25.3. The maximum atomic E-state index is 11.9. The molecular weight excluding hydrogens is 472 g/mol. The first-order valence-corrected chi connectivity index (χ1v) is 13.2. The first-order valence-electron chi connectivity index (χ1n) is 13.2. The van der Waals surface area contributed by atoms with Crippen LogP contribution in [0.5, 0.6) is 0 Å². The van der Waals surface area contributed by atoms with Gasteiger partial charge in [-0.15, -0.1) is 0 Å². The van der Waals surface area contributed by atoms with Crippen molar-refractivity contribution in [2.45, 2.75) is 77.5 Å². The Morgan fingerprint density at radius 1 is 1.24 bits per heavy atom. The number of aromatic nitrogens is 1. The number of unbranched alkanes of at least 4 members (excludes halogenated alkanes) is 1. The fourth-order valence-corrected chi connectivity index (χ4v) is 6.21. The summed E-state index contributed by atoms with van der Waals surface area (Å²) in [5.41, 5.74) is 2.35. The number of hydrogen-bond acceptors (Lipinski definition) is 7. The molecule has 2 aromatic rings. The van der Waals surface area contributed by atoms with Crippen molar-refractivity contribution in [3.63, 3.8) is 0 Å². The number of para-hydroxylation sites is 1. The SMILES string of the molecule is CCCCOC1c2c3c4ccccc4n2C(C)(O)CC1(CC)CCCN(/C=C/C(=O)OC)CC3.O=C=O. The number of carbonyl (C=O) groups is 1. The topological polar surface area (TPSA) is 98.1 Å². The summed E-state index contributed by atoms with van der Waals surface area (Å²) in [6, 6.07) is 8.41. The van der Waals surface area contributed by atoms with E-state index in [0.29, 0.717) is 6.42 Å². The van der Waals surface area contributed by atoms with Crippen molar-refractivity contribution in [2.24, 2.45) is 5.41 Å². The summed E-state index contributed by atoms with van der Waals surface area (Å²) < 4.78 is 13.7. The van der Waals surface area contributed by atoms with Crippen molar-refractivity contribution in [1.82, 2.24) is 9.47 Å². The molecule has 37 heavy (non-hydrogen) atoms. The third kappa shape index (κ3) is 5.98. The van der Waals surface area contributed by atoms with E-state index in [0.717, 1.165) is 69.4 Å². The van der Waals surface area contributed by atoms with Gasteiger partial charge in [0, 0.05) is 49.2 Å². The van der Waals surface area contributed by atoms with Gasteiger partial charge in [-0.3, -0.25) is 0 Å². The lowest BCUT2D eigenvalue weighted by molar-refractivity contribution is -0.191. The van der Waals surface area contributed by atoms with Crippen LogP contribution in [0.4, 0.5) is 0 Å². The highest BCUT2D eigenvalue weighted by atomic mass is 16.5. The second-order valence-corrected chi connectivity index (χ2v) is 10.2. The van der Waals surface area contributed by atoms with Crippen molar-refractivity contribution in [3.05, 3.63) is 47.8 Å². The van der Waals surface area contributed by atoms with Crippen LogP contribution in [0.3, 0.4) is 0 Å². The van der Waals surface area contributed by atoms with Gasteiger partial charge in [-0.05, 0) is 50.7 Å².